The first-order valence-corrected chi connectivity index (χ1v) is 13.5. The number of fused-ring (bicyclic) bond motifs is 2. The number of halogens is 1. The zero-order valence-electron chi connectivity index (χ0n) is 19.4. The minimum Gasteiger partial charge on any atom is -0.465 e. The third kappa shape index (κ3) is 4.81. The molecule has 5 rings (SSSR count). The van der Waals surface area contributed by atoms with Crippen LogP contribution in [0.3, 0.4) is 0 Å². The lowest BCUT2D eigenvalue weighted by atomic mass is 10.1. The fourth-order valence-electron chi connectivity index (χ4n) is 4.03. The molecule has 0 fully saturated rings. The molecule has 3 aromatic carbocycles. The Bertz CT molecular complexity index is 1580. The lowest BCUT2D eigenvalue weighted by molar-refractivity contribution is 0.0607. The number of nitrogens with zero attached hydrogens (tertiary/aromatic N) is 1. The number of nitrogens with one attached hydrogen (secondary N) is 1. The first-order valence-electron chi connectivity index (χ1n) is 11.1. The number of thiophene rings is 1. The van der Waals surface area contributed by atoms with Crippen molar-refractivity contribution in [2.24, 2.45) is 0 Å². The van der Waals surface area contributed by atoms with Gasteiger partial charge in [0.1, 0.15) is 4.88 Å². The van der Waals surface area contributed by atoms with E-state index < -0.39 is 22.7 Å². The van der Waals surface area contributed by atoms with Crippen LogP contribution in [0.1, 0.15) is 36.0 Å². The third-order valence-corrected chi connectivity index (χ3v) is 8.42. The Morgan fingerprint density at radius 3 is 2.62 bits per heavy atom. The van der Waals surface area contributed by atoms with Gasteiger partial charge in [-0.25, -0.2) is 9.00 Å². The SMILES string of the molecule is COC(=O)c1sccc1NC(=O)c1ccc2c(c1)N(Cc1cccc(Cl)c1)C(=O)c1ccccc1[S@]2=O. The Labute approximate surface area is 224 Å². The molecule has 1 atom stereocenters. The van der Waals surface area contributed by atoms with Crippen LogP contribution in [0.5, 0.6) is 0 Å². The molecule has 37 heavy (non-hydrogen) atoms. The summed E-state index contributed by atoms with van der Waals surface area (Å²) < 4.78 is 18.4. The van der Waals surface area contributed by atoms with Crippen LogP contribution in [0.25, 0.3) is 0 Å². The Hall–Kier alpha value is -3.79. The number of anilines is 2. The van der Waals surface area contributed by atoms with E-state index in [1.807, 2.05) is 6.07 Å². The molecular formula is C27H19ClN2O5S2. The van der Waals surface area contributed by atoms with Crippen molar-refractivity contribution in [3.63, 3.8) is 0 Å². The molecule has 0 unspecified atom stereocenters. The minimum atomic E-state index is -1.66. The number of carbonyl (C=O) groups excluding carboxylic acids is 3. The van der Waals surface area contributed by atoms with Crippen molar-refractivity contribution in [3.8, 4) is 0 Å². The molecule has 0 saturated heterocycles. The van der Waals surface area contributed by atoms with Crippen LogP contribution in [0.4, 0.5) is 11.4 Å². The molecule has 7 nitrogen and oxygen atoms in total. The molecule has 0 spiro atoms. The second kappa shape index (κ2) is 10.3. The molecule has 0 bridgehead atoms. The Kier molecular flexibility index (Phi) is 6.92. The van der Waals surface area contributed by atoms with E-state index in [1.165, 1.54) is 12.0 Å². The van der Waals surface area contributed by atoms with Crippen LogP contribution in [0.2, 0.25) is 5.02 Å². The molecule has 1 aliphatic rings. The molecule has 1 aromatic heterocycles. The average molecular weight is 551 g/mol. The normalized spacial score (nSPS) is 14.4. The van der Waals surface area contributed by atoms with Crippen molar-refractivity contribution in [1.29, 1.82) is 0 Å². The van der Waals surface area contributed by atoms with Crippen LogP contribution in [-0.4, -0.2) is 29.1 Å². The average Bonchev–Trinajstić information content (AvgIpc) is 3.35. The monoisotopic (exact) mass is 550 g/mol. The van der Waals surface area contributed by atoms with E-state index in [4.69, 9.17) is 16.3 Å². The summed E-state index contributed by atoms with van der Waals surface area (Å²) in [6, 6.07) is 20.2. The van der Waals surface area contributed by atoms with E-state index in [0.717, 1.165) is 16.9 Å². The van der Waals surface area contributed by atoms with Gasteiger partial charge in [-0.2, -0.15) is 0 Å². The predicted octanol–water partition coefficient (Wildman–Crippen LogP) is 5.77. The number of hydrogen-bond acceptors (Lipinski definition) is 6. The summed E-state index contributed by atoms with van der Waals surface area (Å²) in [4.78, 5) is 41.5. The number of ether oxygens (including phenoxy) is 1. The van der Waals surface area contributed by atoms with Gasteiger partial charge in [0.05, 0.1) is 51.2 Å². The van der Waals surface area contributed by atoms with Gasteiger partial charge < -0.3 is 15.0 Å². The summed E-state index contributed by atoms with van der Waals surface area (Å²) in [7, 11) is -0.388. The third-order valence-electron chi connectivity index (χ3n) is 5.79. The number of carbonyl (C=O) groups is 3. The van der Waals surface area contributed by atoms with Gasteiger partial charge in [-0.15, -0.1) is 11.3 Å². The predicted molar refractivity (Wildman–Crippen MR) is 143 cm³/mol. The summed E-state index contributed by atoms with van der Waals surface area (Å²) >= 11 is 7.33. The highest BCUT2D eigenvalue weighted by Gasteiger charge is 2.31. The van der Waals surface area contributed by atoms with Crippen LogP contribution < -0.4 is 10.2 Å². The van der Waals surface area contributed by atoms with Crippen molar-refractivity contribution in [1.82, 2.24) is 0 Å². The van der Waals surface area contributed by atoms with Crippen LogP contribution in [0.15, 0.2) is 88.0 Å². The number of rotatable bonds is 5. The van der Waals surface area contributed by atoms with Gasteiger partial charge >= 0.3 is 5.97 Å². The van der Waals surface area contributed by atoms with Crippen molar-refractivity contribution in [2.75, 3.05) is 17.3 Å². The van der Waals surface area contributed by atoms with Gasteiger partial charge in [0.15, 0.2) is 0 Å². The molecule has 0 saturated carbocycles. The fourth-order valence-corrected chi connectivity index (χ4v) is 6.36. The highest BCUT2D eigenvalue weighted by molar-refractivity contribution is 7.85. The van der Waals surface area contributed by atoms with Gasteiger partial charge in [0, 0.05) is 10.6 Å². The van der Waals surface area contributed by atoms with Crippen molar-refractivity contribution >= 4 is 62.9 Å². The van der Waals surface area contributed by atoms with Crippen LogP contribution >= 0.6 is 22.9 Å². The Morgan fingerprint density at radius 1 is 1.03 bits per heavy atom. The lowest BCUT2D eigenvalue weighted by Gasteiger charge is -2.23. The smallest absolute Gasteiger partial charge is 0.350 e. The molecule has 0 radical (unpaired) electrons. The molecule has 1 N–H and O–H groups in total. The molecule has 2 amide bonds. The standard InChI is InChI=1S/C27H19ClN2O5S2/c1-35-27(33)24-20(11-12-36-24)29-25(31)17-9-10-23-21(14-17)30(15-16-5-4-6-18(28)13-16)26(32)19-7-2-3-8-22(19)37(23)34/h2-14H,15H2,1H3,(H,29,31)/t37-/m1/s1. The van der Waals surface area contributed by atoms with Gasteiger partial charge in [-0.3, -0.25) is 9.59 Å². The highest BCUT2D eigenvalue weighted by Crippen LogP contribution is 2.36. The van der Waals surface area contributed by atoms with Gasteiger partial charge in [0.25, 0.3) is 11.8 Å². The first kappa shape index (κ1) is 24.9. The van der Waals surface area contributed by atoms with Gasteiger partial charge in [0.2, 0.25) is 0 Å². The molecular weight excluding hydrogens is 532 g/mol. The summed E-state index contributed by atoms with van der Waals surface area (Å²) in [6.45, 7) is 0.153. The molecule has 4 aromatic rings. The van der Waals surface area contributed by atoms with E-state index >= 15 is 0 Å². The van der Waals surface area contributed by atoms with E-state index in [1.54, 1.807) is 72.1 Å². The second-order valence-electron chi connectivity index (χ2n) is 8.08. The number of methoxy groups -OCH3 is 1. The zero-order valence-corrected chi connectivity index (χ0v) is 21.8. The maximum atomic E-state index is 13.7. The van der Waals surface area contributed by atoms with E-state index in [-0.39, 0.29) is 22.9 Å². The summed E-state index contributed by atoms with van der Waals surface area (Å²) in [5.41, 5.74) is 2.00. The van der Waals surface area contributed by atoms with Crippen LogP contribution in [-0.2, 0) is 22.1 Å². The van der Waals surface area contributed by atoms with E-state index in [9.17, 15) is 18.6 Å². The molecule has 0 aliphatic carbocycles. The largest absolute Gasteiger partial charge is 0.465 e. The number of benzene rings is 3. The van der Waals surface area contributed by atoms with Crippen LogP contribution in [0, 0.1) is 0 Å². The minimum absolute atomic E-state index is 0.153. The Balaban J connectivity index is 1.58. The number of esters is 1. The molecule has 186 valence electrons. The summed E-state index contributed by atoms with van der Waals surface area (Å²) in [5, 5.41) is 4.92. The quantitative estimate of drug-likeness (QED) is 0.319. The van der Waals surface area contributed by atoms with Gasteiger partial charge in [-0.1, -0.05) is 35.9 Å². The van der Waals surface area contributed by atoms with Crippen molar-refractivity contribution < 1.29 is 23.3 Å². The van der Waals surface area contributed by atoms with E-state index in [0.29, 0.717) is 31.8 Å². The van der Waals surface area contributed by atoms with Crippen molar-refractivity contribution in [2.45, 2.75) is 16.3 Å². The van der Waals surface area contributed by atoms with E-state index in [2.05, 4.69) is 5.32 Å². The topological polar surface area (TPSA) is 92.8 Å². The summed E-state index contributed by atoms with van der Waals surface area (Å²) in [6.07, 6.45) is 0. The summed E-state index contributed by atoms with van der Waals surface area (Å²) in [5.74, 6) is -1.39. The van der Waals surface area contributed by atoms with Crippen molar-refractivity contribution in [3.05, 3.63) is 105 Å². The molecule has 1 aliphatic heterocycles. The molecule has 10 heteroatoms. The first-order chi connectivity index (χ1) is 17.9. The maximum absolute atomic E-state index is 13.7. The second-order valence-corrected chi connectivity index (χ2v) is 10.8. The number of hydrogen-bond donors (Lipinski definition) is 1. The van der Waals surface area contributed by atoms with Gasteiger partial charge in [-0.05, 0) is 59.5 Å². The maximum Gasteiger partial charge on any atom is 0.350 e. The highest BCUT2D eigenvalue weighted by atomic mass is 35.5. The fraction of sp³-hybridized carbons (Fsp3) is 0.0741. The molecule has 2 heterocycles. The number of amides is 2. The lowest BCUT2D eigenvalue weighted by Crippen LogP contribution is -2.30. The Morgan fingerprint density at radius 2 is 1.84 bits per heavy atom. The zero-order chi connectivity index (χ0) is 26.1.